The van der Waals surface area contributed by atoms with Crippen molar-refractivity contribution in [3.8, 4) is 0 Å². The molecule has 0 aliphatic heterocycles. The molecule has 10 heavy (non-hydrogen) atoms. The van der Waals surface area contributed by atoms with E-state index in [1.807, 2.05) is 0 Å². The summed E-state index contributed by atoms with van der Waals surface area (Å²) in [4.78, 5) is 20.9. The number of ketones is 1. The third kappa shape index (κ3) is 2.62. The molecule has 0 heterocycles. The fraction of sp³-hybridized carbons (Fsp3) is 0.714. The highest BCUT2D eigenvalue weighted by Gasteiger charge is 2.26. The van der Waals surface area contributed by atoms with Crippen molar-refractivity contribution in [2.24, 2.45) is 5.41 Å². The van der Waals surface area contributed by atoms with E-state index in [2.05, 4.69) is 0 Å². The summed E-state index contributed by atoms with van der Waals surface area (Å²) in [7, 11) is 0. The van der Waals surface area contributed by atoms with Gasteiger partial charge in [0.15, 0.2) is 0 Å². The number of aliphatic carboxylic acids is 1. The molecule has 1 N–H and O–H groups in total. The van der Waals surface area contributed by atoms with Gasteiger partial charge in [0.2, 0.25) is 0 Å². The molecule has 0 aliphatic carbocycles. The molecule has 3 nitrogen and oxygen atoms in total. The predicted octanol–water partition coefficient (Wildman–Crippen LogP) is 1.08. The number of Topliss-reactive ketones (excluding diaryl/α,β-unsaturated/α-hetero) is 1. The van der Waals surface area contributed by atoms with Gasteiger partial charge >= 0.3 is 5.97 Å². The van der Waals surface area contributed by atoms with Crippen molar-refractivity contribution in [3.05, 3.63) is 0 Å². The zero-order valence-electron chi connectivity index (χ0n) is 6.47. The summed E-state index contributed by atoms with van der Waals surface area (Å²) in [6.45, 7) is 4.66. The predicted molar refractivity (Wildman–Crippen MR) is 36.7 cm³/mol. The van der Waals surface area contributed by atoms with Gasteiger partial charge in [-0.2, -0.15) is 0 Å². The fourth-order valence-corrected chi connectivity index (χ4v) is 0.503. The zero-order valence-corrected chi connectivity index (χ0v) is 6.47. The van der Waals surface area contributed by atoms with E-state index >= 15 is 0 Å². The smallest absolute Gasteiger partial charge is 0.304 e. The minimum absolute atomic E-state index is 0.0881. The second-order valence-corrected chi connectivity index (χ2v) is 3.01. The van der Waals surface area contributed by atoms with E-state index in [1.54, 1.807) is 13.8 Å². The second kappa shape index (κ2) is 2.82. The molecule has 0 unspecified atom stereocenters. The Balaban J connectivity index is 4.13. The van der Waals surface area contributed by atoms with Gasteiger partial charge in [0.1, 0.15) is 5.78 Å². The molecule has 0 amide bonds. The van der Waals surface area contributed by atoms with Crippen molar-refractivity contribution >= 4 is 11.8 Å². The van der Waals surface area contributed by atoms with Crippen LogP contribution in [0.5, 0.6) is 0 Å². The summed E-state index contributed by atoms with van der Waals surface area (Å²) in [5, 5.41) is 8.35. The summed E-state index contributed by atoms with van der Waals surface area (Å²) in [6.07, 6.45) is -0.0949. The van der Waals surface area contributed by atoms with Crippen LogP contribution >= 0.6 is 0 Å². The van der Waals surface area contributed by atoms with Crippen LogP contribution in [0.1, 0.15) is 27.2 Å². The van der Waals surface area contributed by atoms with Crippen LogP contribution in [0.3, 0.4) is 0 Å². The maximum atomic E-state index is 10.7. The van der Waals surface area contributed by atoms with Crippen LogP contribution in [-0.2, 0) is 9.59 Å². The molecule has 0 saturated heterocycles. The van der Waals surface area contributed by atoms with Gasteiger partial charge < -0.3 is 5.11 Å². The topological polar surface area (TPSA) is 54.4 Å². The Bertz CT molecular complexity index is 158. The molecule has 0 aromatic carbocycles. The van der Waals surface area contributed by atoms with Crippen LogP contribution < -0.4 is 0 Å². The van der Waals surface area contributed by atoms with Crippen LogP contribution in [0, 0.1) is 5.41 Å². The van der Waals surface area contributed by atoms with Gasteiger partial charge in [-0.3, -0.25) is 9.59 Å². The normalized spacial score (nSPS) is 11.1. The lowest BCUT2D eigenvalue weighted by atomic mass is 9.85. The van der Waals surface area contributed by atoms with E-state index < -0.39 is 11.4 Å². The number of hydrogen-bond acceptors (Lipinski definition) is 2. The maximum absolute atomic E-state index is 10.7. The summed E-state index contributed by atoms with van der Waals surface area (Å²) in [6, 6.07) is 0. The van der Waals surface area contributed by atoms with Gasteiger partial charge in [-0.15, -0.1) is 0 Å². The van der Waals surface area contributed by atoms with E-state index in [1.165, 1.54) is 6.92 Å². The van der Waals surface area contributed by atoms with Gasteiger partial charge in [-0.05, 0) is 6.92 Å². The van der Waals surface area contributed by atoms with Gasteiger partial charge in [0, 0.05) is 5.41 Å². The second-order valence-electron chi connectivity index (χ2n) is 3.01. The molecule has 58 valence electrons. The number of carbonyl (C=O) groups excluding carboxylic acids is 1. The lowest BCUT2D eigenvalue weighted by molar-refractivity contribution is -0.142. The monoisotopic (exact) mass is 144 g/mol. The summed E-state index contributed by atoms with van der Waals surface area (Å²) in [5.74, 6) is -1.02. The van der Waals surface area contributed by atoms with Crippen molar-refractivity contribution in [2.45, 2.75) is 27.2 Å². The van der Waals surface area contributed by atoms with Crippen LogP contribution in [0.2, 0.25) is 0 Å². The molecule has 0 aromatic heterocycles. The largest absolute Gasteiger partial charge is 0.481 e. The minimum Gasteiger partial charge on any atom is -0.481 e. The molecule has 3 heteroatoms. The molecule has 0 rings (SSSR count). The fourth-order valence-electron chi connectivity index (χ4n) is 0.503. The van der Waals surface area contributed by atoms with Gasteiger partial charge in [0.05, 0.1) is 6.42 Å². The van der Waals surface area contributed by atoms with E-state index in [0.717, 1.165) is 0 Å². The highest BCUT2D eigenvalue weighted by atomic mass is 16.4. The standard InChI is InChI=1S/C7H12O3/c1-5(8)7(2,3)4-6(9)10/h4H2,1-3H3,(H,9,10). The first kappa shape index (κ1) is 9.14. The highest BCUT2D eigenvalue weighted by Crippen LogP contribution is 2.20. The van der Waals surface area contributed by atoms with E-state index in [-0.39, 0.29) is 12.2 Å². The Morgan fingerprint density at radius 2 is 1.80 bits per heavy atom. The first-order chi connectivity index (χ1) is 4.36. The van der Waals surface area contributed by atoms with Crippen molar-refractivity contribution in [1.82, 2.24) is 0 Å². The maximum Gasteiger partial charge on any atom is 0.304 e. The van der Waals surface area contributed by atoms with E-state index in [0.29, 0.717) is 0 Å². The number of carboxylic acid groups (broad SMARTS) is 1. The molecule has 0 aliphatic rings. The molecule has 0 aromatic rings. The van der Waals surface area contributed by atoms with E-state index in [4.69, 9.17) is 5.11 Å². The van der Waals surface area contributed by atoms with Gasteiger partial charge in [0.25, 0.3) is 0 Å². The number of hydrogen-bond donors (Lipinski definition) is 1. The summed E-state index contributed by atoms with van der Waals surface area (Å²) >= 11 is 0. The van der Waals surface area contributed by atoms with Crippen molar-refractivity contribution in [2.75, 3.05) is 0 Å². The molecular formula is C7H12O3. The molecule has 0 atom stereocenters. The van der Waals surface area contributed by atoms with Crippen LogP contribution in [0.25, 0.3) is 0 Å². The van der Waals surface area contributed by atoms with Gasteiger partial charge in [-0.1, -0.05) is 13.8 Å². The molecular weight excluding hydrogens is 132 g/mol. The molecule has 0 spiro atoms. The minimum atomic E-state index is -0.930. The van der Waals surface area contributed by atoms with Crippen molar-refractivity contribution in [1.29, 1.82) is 0 Å². The Kier molecular flexibility index (Phi) is 2.57. The number of carboxylic acids is 1. The summed E-state index contributed by atoms with van der Waals surface area (Å²) in [5.41, 5.74) is -0.716. The number of carbonyl (C=O) groups is 2. The van der Waals surface area contributed by atoms with Crippen molar-refractivity contribution < 1.29 is 14.7 Å². The SMILES string of the molecule is CC(=O)C(C)(C)CC(=O)O. The Morgan fingerprint density at radius 1 is 1.40 bits per heavy atom. The lowest BCUT2D eigenvalue weighted by Crippen LogP contribution is -2.24. The molecule has 0 radical (unpaired) electrons. The van der Waals surface area contributed by atoms with Crippen LogP contribution in [-0.4, -0.2) is 16.9 Å². The van der Waals surface area contributed by atoms with Crippen LogP contribution in [0.4, 0.5) is 0 Å². The highest BCUT2D eigenvalue weighted by molar-refractivity contribution is 5.85. The Morgan fingerprint density at radius 3 is 1.90 bits per heavy atom. The summed E-state index contributed by atoms with van der Waals surface area (Å²) < 4.78 is 0. The average Bonchev–Trinajstić information content (AvgIpc) is 1.60. The third-order valence-electron chi connectivity index (χ3n) is 1.55. The van der Waals surface area contributed by atoms with Gasteiger partial charge in [-0.25, -0.2) is 0 Å². The van der Waals surface area contributed by atoms with Crippen molar-refractivity contribution in [3.63, 3.8) is 0 Å². The quantitative estimate of drug-likeness (QED) is 0.644. The third-order valence-corrected chi connectivity index (χ3v) is 1.55. The molecule has 0 bridgehead atoms. The lowest BCUT2D eigenvalue weighted by Gasteiger charge is -2.17. The first-order valence-corrected chi connectivity index (χ1v) is 3.09. The first-order valence-electron chi connectivity index (χ1n) is 3.09. The number of rotatable bonds is 3. The Labute approximate surface area is 60.0 Å². The van der Waals surface area contributed by atoms with E-state index in [9.17, 15) is 9.59 Å². The van der Waals surface area contributed by atoms with Crippen LogP contribution in [0.15, 0.2) is 0 Å². The Hall–Kier alpha value is -0.860. The molecule has 0 saturated carbocycles. The molecule has 0 fully saturated rings. The zero-order chi connectivity index (χ0) is 8.36. The average molecular weight is 144 g/mol.